The number of halogens is 1. The zero-order valence-corrected chi connectivity index (χ0v) is 12.7. The summed E-state index contributed by atoms with van der Waals surface area (Å²) in [7, 11) is 0. The predicted molar refractivity (Wildman–Crippen MR) is 97.3 cm³/mol. The highest BCUT2D eigenvalue weighted by molar-refractivity contribution is 5.82. The topological polar surface area (TPSA) is 0 Å². The van der Waals surface area contributed by atoms with Gasteiger partial charge in [0.15, 0.2) is 0 Å². The van der Waals surface area contributed by atoms with E-state index in [9.17, 15) is 4.39 Å². The zero-order chi connectivity index (χ0) is 16.1. The smallest absolute Gasteiger partial charge is 0.131 e. The second-order valence-corrected chi connectivity index (χ2v) is 5.23. The van der Waals surface area contributed by atoms with Crippen molar-refractivity contribution in [2.75, 3.05) is 0 Å². The summed E-state index contributed by atoms with van der Waals surface area (Å²) in [6.45, 7) is 3.84. The quantitative estimate of drug-likeness (QED) is 0.495. The van der Waals surface area contributed by atoms with Crippen molar-refractivity contribution < 1.29 is 4.39 Å². The molecule has 0 N–H and O–H groups in total. The maximum atomic E-state index is 14.1. The Morgan fingerprint density at radius 1 is 0.609 bits per heavy atom. The van der Waals surface area contributed by atoms with Gasteiger partial charge in [0.1, 0.15) is 5.82 Å². The number of hydrogen-bond acceptors (Lipinski definition) is 0. The largest absolute Gasteiger partial charge is 0.206 e. The maximum Gasteiger partial charge on any atom is 0.131 e. The number of benzene rings is 3. The number of rotatable bonds is 4. The normalized spacial score (nSPS) is 10.8. The van der Waals surface area contributed by atoms with Crippen LogP contribution in [0.4, 0.5) is 4.39 Å². The van der Waals surface area contributed by atoms with Gasteiger partial charge in [0, 0.05) is 5.56 Å². The third-order valence-corrected chi connectivity index (χ3v) is 3.78. The van der Waals surface area contributed by atoms with E-state index in [1.54, 1.807) is 12.1 Å². The van der Waals surface area contributed by atoms with Gasteiger partial charge in [-0.25, -0.2) is 4.39 Å². The Morgan fingerprint density at radius 3 is 1.83 bits per heavy atom. The van der Waals surface area contributed by atoms with Gasteiger partial charge in [-0.2, -0.15) is 0 Å². The Morgan fingerprint density at radius 2 is 1.13 bits per heavy atom. The molecule has 0 saturated heterocycles. The average molecular weight is 300 g/mol. The van der Waals surface area contributed by atoms with Gasteiger partial charge in [-0.1, -0.05) is 91.5 Å². The van der Waals surface area contributed by atoms with Gasteiger partial charge in [0.25, 0.3) is 0 Å². The van der Waals surface area contributed by atoms with Gasteiger partial charge in [-0.05, 0) is 28.3 Å². The fourth-order valence-electron chi connectivity index (χ4n) is 2.60. The lowest BCUT2D eigenvalue weighted by Crippen LogP contribution is -1.87. The van der Waals surface area contributed by atoms with E-state index >= 15 is 0 Å². The van der Waals surface area contributed by atoms with Crippen LogP contribution in [-0.2, 0) is 0 Å². The van der Waals surface area contributed by atoms with E-state index in [1.807, 2.05) is 72.8 Å². The molecule has 112 valence electrons. The molecule has 0 nitrogen and oxygen atoms in total. The zero-order valence-electron chi connectivity index (χ0n) is 12.7. The number of hydrogen-bond donors (Lipinski definition) is 0. The summed E-state index contributed by atoms with van der Waals surface area (Å²) >= 11 is 0. The van der Waals surface area contributed by atoms with Crippen molar-refractivity contribution in [2.45, 2.75) is 0 Å². The minimum absolute atomic E-state index is 0.208. The molecule has 0 heterocycles. The average Bonchev–Trinajstić information content (AvgIpc) is 2.61. The molecule has 0 spiro atoms. The molecule has 3 rings (SSSR count). The molecule has 1 heteroatoms. The van der Waals surface area contributed by atoms with E-state index in [-0.39, 0.29) is 5.82 Å². The van der Waals surface area contributed by atoms with Gasteiger partial charge in [0.2, 0.25) is 0 Å². The molecule has 0 aliphatic rings. The van der Waals surface area contributed by atoms with E-state index in [0.717, 1.165) is 22.3 Å². The van der Waals surface area contributed by atoms with Crippen molar-refractivity contribution >= 4 is 18.2 Å². The van der Waals surface area contributed by atoms with Crippen LogP contribution in [0.25, 0.3) is 29.4 Å². The van der Waals surface area contributed by atoms with Gasteiger partial charge in [-0.15, -0.1) is 0 Å². The van der Waals surface area contributed by atoms with Gasteiger partial charge < -0.3 is 0 Å². The van der Waals surface area contributed by atoms with Gasteiger partial charge in [0.05, 0.1) is 0 Å². The van der Waals surface area contributed by atoms with Crippen molar-refractivity contribution in [3.05, 3.63) is 102 Å². The maximum absolute atomic E-state index is 14.1. The van der Waals surface area contributed by atoms with Crippen molar-refractivity contribution in [1.82, 2.24) is 0 Å². The van der Waals surface area contributed by atoms with E-state index < -0.39 is 0 Å². The Kier molecular flexibility index (Phi) is 4.49. The van der Waals surface area contributed by atoms with Gasteiger partial charge in [-0.3, -0.25) is 0 Å². The molecule has 0 saturated carbocycles. The van der Waals surface area contributed by atoms with Crippen molar-refractivity contribution in [3.8, 4) is 11.1 Å². The summed E-state index contributed by atoms with van der Waals surface area (Å²) in [5.41, 5.74) is 4.65. The second kappa shape index (κ2) is 6.89. The molecule has 0 aliphatic carbocycles. The molecule has 0 aliphatic heterocycles. The van der Waals surface area contributed by atoms with Crippen LogP contribution >= 0.6 is 0 Å². The first kappa shape index (κ1) is 15.0. The molecule has 23 heavy (non-hydrogen) atoms. The summed E-state index contributed by atoms with van der Waals surface area (Å²) in [5, 5.41) is 0. The summed E-state index contributed by atoms with van der Waals surface area (Å²) in [6.07, 6.45) is 5.89. The molecule has 0 atom stereocenters. The standard InChI is InChI=1S/C22H17F/c1-2-17-9-3-4-10-18(17)15-16-19-11-5-6-12-20(19)21-13-7-8-14-22(21)23/h2-16H,1H2/b16-15+. The van der Waals surface area contributed by atoms with Crippen LogP contribution in [-0.4, -0.2) is 0 Å². The van der Waals surface area contributed by atoms with Crippen LogP contribution < -0.4 is 0 Å². The highest BCUT2D eigenvalue weighted by Crippen LogP contribution is 2.27. The Labute approximate surface area is 136 Å². The fourth-order valence-corrected chi connectivity index (χ4v) is 2.60. The molecular formula is C22H17F. The Bertz CT molecular complexity index is 859. The summed E-state index contributed by atoms with van der Waals surface area (Å²) in [4.78, 5) is 0. The van der Waals surface area contributed by atoms with E-state index in [0.29, 0.717) is 5.56 Å². The minimum Gasteiger partial charge on any atom is -0.206 e. The third-order valence-electron chi connectivity index (χ3n) is 3.78. The minimum atomic E-state index is -0.208. The Hall–Kier alpha value is -2.93. The van der Waals surface area contributed by atoms with Crippen molar-refractivity contribution in [1.29, 1.82) is 0 Å². The van der Waals surface area contributed by atoms with Crippen LogP contribution in [0.15, 0.2) is 79.4 Å². The summed E-state index contributed by atoms with van der Waals surface area (Å²) in [6, 6.07) is 22.7. The van der Waals surface area contributed by atoms with E-state index in [2.05, 4.69) is 6.58 Å². The molecule has 3 aromatic carbocycles. The van der Waals surface area contributed by atoms with Crippen molar-refractivity contribution in [2.24, 2.45) is 0 Å². The van der Waals surface area contributed by atoms with Crippen molar-refractivity contribution in [3.63, 3.8) is 0 Å². The highest BCUT2D eigenvalue weighted by atomic mass is 19.1. The first-order chi connectivity index (χ1) is 11.3. The van der Waals surface area contributed by atoms with Crippen LogP contribution in [0.3, 0.4) is 0 Å². The molecule has 0 bridgehead atoms. The van der Waals surface area contributed by atoms with E-state index in [1.165, 1.54) is 6.07 Å². The molecule has 0 fully saturated rings. The SMILES string of the molecule is C=Cc1ccccc1/C=C/c1ccccc1-c1ccccc1F. The first-order valence-corrected chi connectivity index (χ1v) is 7.53. The highest BCUT2D eigenvalue weighted by Gasteiger charge is 2.07. The molecule has 0 aromatic heterocycles. The lowest BCUT2D eigenvalue weighted by molar-refractivity contribution is 0.631. The van der Waals surface area contributed by atoms with E-state index in [4.69, 9.17) is 0 Å². The molecular weight excluding hydrogens is 283 g/mol. The van der Waals surface area contributed by atoms with Crippen LogP contribution in [0.2, 0.25) is 0 Å². The lowest BCUT2D eigenvalue weighted by Gasteiger charge is -2.08. The molecule has 0 radical (unpaired) electrons. The first-order valence-electron chi connectivity index (χ1n) is 7.53. The monoisotopic (exact) mass is 300 g/mol. The second-order valence-electron chi connectivity index (χ2n) is 5.23. The van der Waals surface area contributed by atoms with Crippen LogP contribution in [0, 0.1) is 5.82 Å². The molecule has 0 amide bonds. The summed E-state index contributed by atoms with van der Waals surface area (Å²) < 4.78 is 14.1. The van der Waals surface area contributed by atoms with Crippen LogP contribution in [0.5, 0.6) is 0 Å². The predicted octanol–water partition coefficient (Wildman–Crippen LogP) is 6.31. The van der Waals surface area contributed by atoms with Gasteiger partial charge >= 0.3 is 0 Å². The molecule has 3 aromatic rings. The molecule has 0 unspecified atom stereocenters. The lowest BCUT2D eigenvalue weighted by atomic mass is 9.98. The summed E-state index contributed by atoms with van der Waals surface area (Å²) in [5.74, 6) is -0.208. The third kappa shape index (κ3) is 3.29. The fraction of sp³-hybridized carbons (Fsp3) is 0. The Balaban J connectivity index is 2.03. The van der Waals surface area contributed by atoms with Crippen LogP contribution in [0.1, 0.15) is 16.7 Å².